The minimum atomic E-state index is 0.558. The van der Waals surface area contributed by atoms with Crippen molar-refractivity contribution in [2.24, 2.45) is 0 Å². The number of piperazine rings is 1. The topological polar surface area (TPSA) is 34.2 Å². The molecular weight excluding hydrogens is 292 g/mol. The Labute approximate surface area is 139 Å². The van der Waals surface area contributed by atoms with Crippen LogP contribution < -0.4 is 14.2 Å². The van der Waals surface area contributed by atoms with Gasteiger partial charge in [0, 0.05) is 37.3 Å². The first-order valence-corrected chi connectivity index (χ1v) is 8.43. The third-order valence-electron chi connectivity index (χ3n) is 5.23. The Kier molecular flexibility index (Phi) is 4.97. The maximum Gasteiger partial charge on any atom is 0.203 e. The van der Waals surface area contributed by atoms with Gasteiger partial charge in [0.1, 0.15) is 0 Å². The highest BCUT2D eigenvalue weighted by Crippen LogP contribution is 2.40. The number of ether oxygens (including phenoxy) is 3. The number of nitrogens with zero attached hydrogens (tertiary/aromatic N) is 2. The van der Waals surface area contributed by atoms with Crippen molar-refractivity contribution >= 4 is 0 Å². The Bertz CT molecular complexity index is 549. The quantitative estimate of drug-likeness (QED) is 0.832. The van der Waals surface area contributed by atoms with Crippen LogP contribution in [0.1, 0.15) is 25.3 Å². The number of benzene rings is 1. The van der Waals surface area contributed by atoms with Crippen molar-refractivity contribution in [3.05, 3.63) is 17.7 Å². The van der Waals surface area contributed by atoms with Gasteiger partial charge in [-0.15, -0.1) is 0 Å². The first-order valence-electron chi connectivity index (χ1n) is 8.43. The molecule has 0 bridgehead atoms. The van der Waals surface area contributed by atoms with Crippen LogP contribution in [0.3, 0.4) is 0 Å². The van der Waals surface area contributed by atoms with Gasteiger partial charge in [0.25, 0.3) is 0 Å². The van der Waals surface area contributed by atoms with E-state index in [4.69, 9.17) is 14.2 Å². The fourth-order valence-electron chi connectivity index (χ4n) is 3.97. The first kappa shape index (κ1) is 16.4. The highest BCUT2D eigenvalue weighted by Gasteiger charge is 2.34. The van der Waals surface area contributed by atoms with Crippen LogP contribution in [0.15, 0.2) is 12.1 Å². The molecule has 2 saturated heterocycles. The van der Waals surface area contributed by atoms with Crippen LogP contribution in [0.4, 0.5) is 0 Å². The molecule has 3 rings (SSSR count). The highest BCUT2D eigenvalue weighted by atomic mass is 16.5. The summed E-state index contributed by atoms with van der Waals surface area (Å²) in [4.78, 5) is 5.21. The zero-order valence-corrected chi connectivity index (χ0v) is 14.7. The predicted octanol–water partition coefficient (Wildman–Crippen LogP) is 2.38. The van der Waals surface area contributed by atoms with Gasteiger partial charge in [-0.1, -0.05) is 6.07 Å². The summed E-state index contributed by atoms with van der Waals surface area (Å²) >= 11 is 0. The Morgan fingerprint density at radius 1 is 1.04 bits per heavy atom. The lowest BCUT2D eigenvalue weighted by atomic mass is 10.1. The molecule has 0 radical (unpaired) electrons. The lowest BCUT2D eigenvalue weighted by molar-refractivity contribution is 0.0534. The van der Waals surface area contributed by atoms with Crippen LogP contribution in [0.5, 0.6) is 17.2 Å². The van der Waals surface area contributed by atoms with Crippen molar-refractivity contribution in [3.63, 3.8) is 0 Å². The van der Waals surface area contributed by atoms with Crippen LogP contribution in [0.2, 0.25) is 0 Å². The van der Waals surface area contributed by atoms with Crippen molar-refractivity contribution in [1.82, 2.24) is 9.80 Å². The van der Waals surface area contributed by atoms with E-state index in [1.54, 1.807) is 21.3 Å². The van der Waals surface area contributed by atoms with E-state index in [2.05, 4.69) is 22.8 Å². The molecule has 2 heterocycles. The van der Waals surface area contributed by atoms with Gasteiger partial charge in [0.2, 0.25) is 5.75 Å². The summed E-state index contributed by atoms with van der Waals surface area (Å²) < 4.78 is 16.5. The van der Waals surface area contributed by atoms with E-state index in [0.717, 1.165) is 30.4 Å². The van der Waals surface area contributed by atoms with E-state index < -0.39 is 0 Å². The van der Waals surface area contributed by atoms with Gasteiger partial charge in [0.05, 0.1) is 21.3 Å². The highest BCUT2D eigenvalue weighted by molar-refractivity contribution is 5.55. The molecule has 23 heavy (non-hydrogen) atoms. The monoisotopic (exact) mass is 320 g/mol. The summed E-state index contributed by atoms with van der Waals surface area (Å²) in [5.41, 5.74) is 1.16. The van der Waals surface area contributed by atoms with Gasteiger partial charge < -0.3 is 14.2 Å². The number of hydrogen-bond acceptors (Lipinski definition) is 5. The second kappa shape index (κ2) is 6.97. The predicted molar refractivity (Wildman–Crippen MR) is 90.6 cm³/mol. The molecule has 0 aromatic heterocycles. The van der Waals surface area contributed by atoms with Gasteiger partial charge in [0.15, 0.2) is 11.5 Å². The number of methoxy groups -OCH3 is 3. The molecule has 5 nitrogen and oxygen atoms in total. The van der Waals surface area contributed by atoms with Crippen molar-refractivity contribution in [2.45, 2.75) is 38.4 Å². The summed E-state index contributed by atoms with van der Waals surface area (Å²) in [5.74, 6) is 2.18. The second-order valence-corrected chi connectivity index (χ2v) is 6.56. The van der Waals surface area contributed by atoms with Gasteiger partial charge in [-0.05, 0) is 32.4 Å². The fourth-order valence-corrected chi connectivity index (χ4v) is 3.97. The van der Waals surface area contributed by atoms with E-state index in [9.17, 15) is 0 Å². The molecule has 1 aromatic rings. The van der Waals surface area contributed by atoms with Crippen molar-refractivity contribution in [1.29, 1.82) is 0 Å². The van der Waals surface area contributed by atoms with Crippen LogP contribution in [0.25, 0.3) is 0 Å². The summed E-state index contributed by atoms with van der Waals surface area (Å²) in [6, 6.07) is 5.33. The summed E-state index contributed by atoms with van der Waals surface area (Å²) in [5, 5.41) is 0. The standard InChI is InChI=1S/C18H28N2O3/c1-13-10-19-9-5-6-15(19)12-20(13)11-14-7-8-16(21-2)18(23-4)17(14)22-3/h7-8,13,15H,5-6,9-12H2,1-4H3/t13-,15?/m1/s1. The van der Waals surface area contributed by atoms with Crippen molar-refractivity contribution < 1.29 is 14.2 Å². The third kappa shape index (κ3) is 3.12. The van der Waals surface area contributed by atoms with Crippen molar-refractivity contribution in [3.8, 4) is 17.2 Å². The molecule has 2 fully saturated rings. The Morgan fingerprint density at radius 2 is 1.83 bits per heavy atom. The molecular formula is C18H28N2O3. The van der Waals surface area contributed by atoms with Gasteiger partial charge >= 0.3 is 0 Å². The lowest BCUT2D eigenvalue weighted by Crippen LogP contribution is -2.54. The molecule has 0 amide bonds. The largest absolute Gasteiger partial charge is 0.493 e. The third-order valence-corrected chi connectivity index (χ3v) is 5.23. The zero-order valence-electron chi connectivity index (χ0n) is 14.7. The Hall–Kier alpha value is -1.46. The van der Waals surface area contributed by atoms with Crippen molar-refractivity contribution in [2.75, 3.05) is 41.0 Å². The van der Waals surface area contributed by atoms with Gasteiger partial charge in [-0.25, -0.2) is 0 Å². The minimum Gasteiger partial charge on any atom is -0.493 e. The lowest BCUT2D eigenvalue weighted by Gasteiger charge is -2.42. The molecule has 2 atom stereocenters. The van der Waals surface area contributed by atoms with E-state index >= 15 is 0 Å². The molecule has 2 aliphatic rings. The van der Waals surface area contributed by atoms with E-state index in [0.29, 0.717) is 17.5 Å². The van der Waals surface area contributed by atoms with Crippen LogP contribution in [-0.4, -0.2) is 62.8 Å². The minimum absolute atomic E-state index is 0.558. The van der Waals surface area contributed by atoms with Crippen LogP contribution in [0, 0.1) is 0 Å². The smallest absolute Gasteiger partial charge is 0.203 e. The second-order valence-electron chi connectivity index (χ2n) is 6.56. The molecule has 2 aliphatic heterocycles. The summed E-state index contributed by atoms with van der Waals surface area (Å²) in [6.45, 7) is 6.78. The Morgan fingerprint density at radius 3 is 2.52 bits per heavy atom. The molecule has 0 aliphatic carbocycles. The summed E-state index contributed by atoms with van der Waals surface area (Å²) in [7, 11) is 5.00. The molecule has 1 aromatic carbocycles. The molecule has 1 unspecified atom stereocenters. The maximum atomic E-state index is 5.63. The molecule has 128 valence electrons. The van der Waals surface area contributed by atoms with Crippen LogP contribution >= 0.6 is 0 Å². The average Bonchev–Trinajstić information content (AvgIpc) is 3.01. The number of rotatable bonds is 5. The fraction of sp³-hybridized carbons (Fsp3) is 0.667. The molecule has 0 N–H and O–H groups in total. The number of fused-ring (bicyclic) bond motifs is 1. The molecule has 0 spiro atoms. The van der Waals surface area contributed by atoms with E-state index in [1.807, 2.05) is 6.07 Å². The summed E-state index contributed by atoms with van der Waals surface area (Å²) in [6.07, 6.45) is 2.66. The number of hydrogen-bond donors (Lipinski definition) is 0. The normalized spacial score (nSPS) is 25.2. The average molecular weight is 320 g/mol. The van der Waals surface area contributed by atoms with Gasteiger partial charge in [-0.2, -0.15) is 0 Å². The van der Waals surface area contributed by atoms with Gasteiger partial charge in [-0.3, -0.25) is 9.80 Å². The Balaban J connectivity index is 1.81. The van der Waals surface area contributed by atoms with E-state index in [1.165, 1.54) is 25.9 Å². The first-order chi connectivity index (χ1) is 11.2. The zero-order chi connectivity index (χ0) is 16.4. The molecule has 5 heteroatoms. The van der Waals surface area contributed by atoms with E-state index in [-0.39, 0.29) is 0 Å². The molecule has 0 saturated carbocycles. The SMILES string of the molecule is COc1ccc(CN2CC3CCCN3C[C@H]2C)c(OC)c1OC. The maximum absolute atomic E-state index is 5.63. The van der Waals surface area contributed by atoms with Crippen LogP contribution in [-0.2, 0) is 6.54 Å².